The van der Waals surface area contributed by atoms with Crippen molar-refractivity contribution in [3.63, 3.8) is 0 Å². The third kappa shape index (κ3) is 2.85. The van der Waals surface area contributed by atoms with Crippen molar-refractivity contribution in [2.45, 2.75) is 6.92 Å². The number of nitriles is 1. The van der Waals surface area contributed by atoms with E-state index in [1.807, 2.05) is 37.3 Å². The van der Waals surface area contributed by atoms with Gasteiger partial charge in [0.1, 0.15) is 17.5 Å². The third-order valence-corrected chi connectivity index (χ3v) is 4.45. The molecule has 1 aliphatic rings. The van der Waals surface area contributed by atoms with Gasteiger partial charge in [-0.1, -0.05) is 23.8 Å². The van der Waals surface area contributed by atoms with E-state index in [4.69, 9.17) is 15.2 Å². The number of anilines is 1. The number of nitro benzene ring substituents is 1. The van der Waals surface area contributed by atoms with E-state index in [1.165, 1.54) is 12.1 Å². The number of nitrogens with two attached hydrogens (primary N) is 1. The lowest BCUT2D eigenvalue weighted by Crippen LogP contribution is -2.01. The summed E-state index contributed by atoms with van der Waals surface area (Å²) in [5.74, 6) is 0.662. The first-order chi connectivity index (χ1) is 13.5. The molecule has 0 amide bonds. The summed E-state index contributed by atoms with van der Waals surface area (Å²) in [5.41, 5.74) is 8.75. The van der Waals surface area contributed by atoms with Crippen LogP contribution in [0.4, 0.5) is 11.5 Å². The fourth-order valence-electron chi connectivity index (χ4n) is 3.15. The number of nitrogen functional groups attached to an aromatic ring is 1. The Bertz CT molecular complexity index is 1170. The van der Waals surface area contributed by atoms with Gasteiger partial charge in [0, 0.05) is 11.1 Å². The van der Waals surface area contributed by atoms with Crippen LogP contribution < -0.4 is 15.2 Å². The highest BCUT2D eigenvalue weighted by Gasteiger charge is 2.27. The topological polar surface area (TPSA) is 124 Å². The number of nitro groups is 1. The zero-order chi connectivity index (χ0) is 19.8. The number of pyridine rings is 1. The summed E-state index contributed by atoms with van der Waals surface area (Å²) in [5, 5.41) is 21.3. The standard InChI is InChI=1S/C20H14N4O4/c1-11-3-2-4-12(5-11)16-6-13(15(9-21)20(22)23-16)14-7-18-19(28-10-27-18)8-17(14)24(25)26/h2-8H,10H2,1H3,(H2,22,23). The number of nitrogens with zero attached hydrogens (tertiary/aromatic N) is 3. The molecule has 138 valence electrons. The predicted molar refractivity (Wildman–Crippen MR) is 102 cm³/mol. The Morgan fingerprint density at radius 3 is 2.61 bits per heavy atom. The number of rotatable bonds is 3. The largest absolute Gasteiger partial charge is 0.454 e. The molecule has 2 N–H and O–H groups in total. The highest BCUT2D eigenvalue weighted by atomic mass is 16.7. The molecule has 8 nitrogen and oxygen atoms in total. The molecular weight excluding hydrogens is 360 g/mol. The number of ether oxygens (including phenoxy) is 2. The van der Waals surface area contributed by atoms with Crippen LogP contribution in [-0.2, 0) is 0 Å². The van der Waals surface area contributed by atoms with Crippen molar-refractivity contribution in [2.75, 3.05) is 12.5 Å². The molecule has 0 fully saturated rings. The molecule has 4 rings (SSSR count). The van der Waals surface area contributed by atoms with Gasteiger partial charge < -0.3 is 15.2 Å². The lowest BCUT2D eigenvalue weighted by Gasteiger charge is -2.11. The van der Waals surface area contributed by atoms with Gasteiger partial charge in [0.15, 0.2) is 11.5 Å². The molecule has 8 heteroatoms. The van der Waals surface area contributed by atoms with E-state index in [0.717, 1.165) is 11.1 Å². The Morgan fingerprint density at radius 1 is 1.18 bits per heavy atom. The van der Waals surface area contributed by atoms with Crippen molar-refractivity contribution in [1.29, 1.82) is 5.26 Å². The summed E-state index contributed by atoms with van der Waals surface area (Å²) in [4.78, 5) is 15.5. The zero-order valence-corrected chi connectivity index (χ0v) is 14.8. The molecule has 0 radical (unpaired) electrons. The molecule has 0 unspecified atom stereocenters. The Balaban J connectivity index is 2.00. The second-order valence-corrected chi connectivity index (χ2v) is 6.28. The van der Waals surface area contributed by atoms with Crippen LogP contribution in [0.25, 0.3) is 22.4 Å². The molecule has 0 spiro atoms. The van der Waals surface area contributed by atoms with Crippen LogP contribution in [0.5, 0.6) is 11.5 Å². The molecule has 2 aromatic carbocycles. The number of benzene rings is 2. The van der Waals surface area contributed by atoms with Gasteiger partial charge in [-0.05, 0) is 25.1 Å². The predicted octanol–water partition coefficient (Wildman–Crippen LogP) is 3.81. The quantitative estimate of drug-likeness (QED) is 0.546. The Kier molecular flexibility index (Phi) is 4.05. The maximum atomic E-state index is 11.7. The number of fused-ring (bicyclic) bond motifs is 1. The summed E-state index contributed by atoms with van der Waals surface area (Å²) in [6, 6.07) is 14.0. The molecule has 0 atom stereocenters. The minimum Gasteiger partial charge on any atom is -0.454 e. The van der Waals surface area contributed by atoms with Gasteiger partial charge in [0.05, 0.1) is 22.2 Å². The highest BCUT2D eigenvalue weighted by molar-refractivity contribution is 5.86. The van der Waals surface area contributed by atoms with E-state index in [2.05, 4.69) is 4.98 Å². The molecule has 0 saturated carbocycles. The first-order valence-electron chi connectivity index (χ1n) is 8.34. The first kappa shape index (κ1) is 17.3. The third-order valence-electron chi connectivity index (χ3n) is 4.45. The summed E-state index contributed by atoms with van der Waals surface area (Å²) < 4.78 is 10.6. The molecular formula is C20H14N4O4. The van der Waals surface area contributed by atoms with E-state index >= 15 is 0 Å². The van der Waals surface area contributed by atoms with Crippen molar-refractivity contribution < 1.29 is 14.4 Å². The minimum atomic E-state index is -0.526. The van der Waals surface area contributed by atoms with Crippen LogP contribution in [0.1, 0.15) is 11.1 Å². The Labute approximate surface area is 159 Å². The van der Waals surface area contributed by atoms with Crippen molar-refractivity contribution in [3.8, 4) is 40.0 Å². The second-order valence-electron chi connectivity index (χ2n) is 6.28. The summed E-state index contributed by atoms with van der Waals surface area (Å²) >= 11 is 0. The van der Waals surface area contributed by atoms with Gasteiger partial charge in [-0.15, -0.1) is 0 Å². The average Bonchev–Trinajstić information content (AvgIpc) is 3.13. The molecule has 2 heterocycles. The normalized spacial score (nSPS) is 11.9. The summed E-state index contributed by atoms with van der Waals surface area (Å²) in [7, 11) is 0. The SMILES string of the molecule is Cc1cccc(-c2cc(-c3cc4c(cc3[N+](=O)[O-])OCO4)c(C#N)c(N)n2)c1. The van der Waals surface area contributed by atoms with E-state index in [1.54, 1.807) is 6.07 Å². The van der Waals surface area contributed by atoms with Crippen LogP contribution in [0.2, 0.25) is 0 Å². The average molecular weight is 374 g/mol. The maximum Gasteiger partial charge on any atom is 0.281 e. The molecule has 0 aliphatic carbocycles. The van der Waals surface area contributed by atoms with Crippen molar-refractivity contribution >= 4 is 11.5 Å². The molecule has 0 saturated heterocycles. The monoisotopic (exact) mass is 374 g/mol. The lowest BCUT2D eigenvalue weighted by molar-refractivity contribution is -0.384. The number of aryl methyl sites for hydroxylation is 1. The molecule has 28 heavy (non-hydrogen) atoms. The van der Waals surface area contributed by atoms with E-state index in [9.17, 15) is 15.4 Å². The van der Waals surface area contributed by atoms with E-state index in [-0.39, 0.29) is 35.2 Å². The molecule has 1 aromatic heterocycles. The van der Waals surface area contributed by atoms with Gasteiger partial charge >= 0.3 is 0 Å². The number of hydrogen-bond donors (Lipinski definition) is 1. The zero-order valence-electron chi connectivity index (χ0n) is 14.8. The van der Waals surface area contributed by atoms with Gasteiger partial charge in [0.2, 0.25) is 6.79 Å². The van der Waals surface area contributed by atoms with Crippen molar-refractivity contribution in [2.24, 2.45) is 0 Å². The van der Waals surface area contributed by atoms with Crippen LogP contribution >= 0.6 is 0 Å². The maximum absolute atomic E-state index is 11.7. The minimum absolute atomic E-state index is 0.00321. The molecule has 0 bridgehead atoms. The van der Waals surface area contributed by atoms with Gasteiger partial charge in [0.25, 0.3) is 5.69 Å². The Hall–Kier alpha value is -4.12. The fraction of sp³-hybridized carbons (Fsp3) is 0.100. The first-order valence-corrected chi connectivity index (χ1v) is 8.34. The van der Waals surface area contributed by atoms with Gasteiger partial charge in [-0.2, -0.15) is 5.26 Å². The van der Waals surface area contributed by atoms with Crippen LogP contribution in [0, 0.1) is 28.4 Å². The van der Waals surface area contributed by atoms with E-state index < -0.39 is 4.92 Å². The fourth-order valence-corrected chi connectivity index (χ4v) is 3.15. The van der Waals surface area contributed by atoms with Crippen LogP contribution in [-0.4, -0.2) is 16.7 Å². The number of aromatic nitrogens is 1. The van der Waals surface area contributed by atoms with Gasteiger partial charge in [-0.25, -0.2) is 4.98 Å². The Morgan fingerprint density at radius 2 is 1.93 bits per heavy atom. The second kappa shape index (κ2) is 6.55. The van der Waals surface area contributed by atoms with Crippen LogP contribution in [0.3, 0.4) is 0 Å². The number of hydrogen-bond acceptors (Lipinski definition) is 7. The van der Waals surface area contributed by atoms with Gasteiger partial charge in [-0.3, -0.25) is 10.1 Å². The molecule has 3 aromatic rings. The summed E-state index contributed by atoms with van der Waals surface area (Å²) in [6.45, 7) is 1.92. The van der Waals surface area contributed by atoms with Crippen molar-refractivity contribution in [3.05, 3.63) is 63.7 Å². The highest BCUT2D eigenvalue weighted by Crippen LogP contribution is 2.44. The lowest BCUT2D eigenvalue weighted by atomic mass is 9.96. The van der Waals surface area contributed by atoms with Crippen LogP contribution in [0.15, 0.2) is 42.5 Å². The van der Waals surface area contributed by atoms with E-state index in [0.29, 0.717) is 17.0 Å². The smallest absolute Gasteiger partial charge is 0.281 e. The molecule has 1 aliphatic heterocycles. The summed E-state index contributed by atoms with van der Waals surface area (Å²) in [6.07, 6.45) is 0. The van der Waals surface area contributed by atoms with Crippen molar-refractivity contribution in [1.82, 2.24) is 4.98 Å².